The number of amides is 1. The lowest BCUT2D eigenvalue weighted by molar-refractivity contribution is -0.128. The van der Waals surface area contributed by atoms with Crippen LogP contribution in [0.2, 0.25) is 0 Å². The number of hydrogen-bond donors (Lipinski definition) is 1. The van der Waals surface area contributed by atoms with Gasteiger partial charge in [-0.15, -0.1) is 0 Å². The highest BCUT2D eigenvalue weighted by Gasteiger charge is 2.50. The monoisotopic (exact) mass is 379 g/mol. The third-order valence-corrected chi connectivity index (χ3v) is 7.90. The van der Waals surface area contributed by atoms with Crippen molar-refractivity contribution in [2.24, 2.45) is 5.92 Å². The van der Waals surface area contributed by atoms with Crippen LogP contribution < -0.4 is 5.32 Å². The molecule has 4 rings (SSSR count). The number of carbonyl (C=O) groups is 1. The second-order valence-electron chi connectivity index (χ2n) is 7.37. The fourth-order valence-electron chi connectivity index (χ4n) is 3.94. The van der Waals surface area contributed by atoms with Crippen molar-refractivity contribution in [3.05, 3.63) is 30.1 Å². The lowest BCUT2D eigenvalue weighted by atomic mass is 9.91. The van der Waals surface area contributed by atoms with Crippen molar-refractivity contribution in [3.8, 4) is 0 Å². The minimum atomic E-state index is -3.31. The average molecular weight is 379 g/mol. The van der Waals surface area contributed by atoms with Gasteiger partial charge in [-0.25, -0.2) is 8.42 Å². The number of nitrogens with one attached hydrogen (secondary N) is 1. The van der Waals surface area contributed by atoms with Crippen LogP contribution in [0, 0.1) is 5.92 Å². The van der Waals surface area contributed by atoms with E-state index >= 15 is 0 Å². The summed E-state index contributed by atoms with van der Waals surface area (Å²) in [6.45, 7) is 1.34. The Labute approximate surface area is 154 Å². The molecule has 0 unspecified atom stereocenters. The summed E-state index contributed by atoms with van der Waals surface area (Å²) in [5, 5.41) is 2.69. The van der Waals surface area contributed by atoms with Crippen LogP contribution in [0.5, 0.6) is 0 Å². The van der Waals surface area contributed by atoms with E-state index in [9.17, 15) is 13.2 Å². The molecule has 26 heavy (non-hydrogen) atoms. The van der Waals surface area contributed by atoms with Crippen molar-refractivity contribution in [1.29, 1.82) is 0 Å². The van der Waals surface area contributed by atoms with Crippen LogP contribution in [0.1, 0.15) is 31.4 Å². The molecular weight excluding hydrogens is 354 g/mol. The number of rotatable bonds is 6. The molecule has 0 spiro atoms. The minimum Gasteiger partial charge on any atom is -0.376 e. The van der Waals surface area contributed by atoms with Gasteiger partial charge in [0.2, 0.25) is 15.9 Å². The first kappa shape index (κ1) is 17.9. The van der Waals surface area contributed by atoms with E-state index in [2.05, 4.69) is 10.3 Å². The Bertz CT molecular complexity index is 751. The molecule has 1 N–H and O–H groups in total. The molecule has 2 aliphatic heterocycles. The second-order valence-corrected chi connectivity index (χ2v) is 9.54. The van der Waals surface area contributed by atoms with E-state index in [1.807, 2.05) is 18.2 Å². The molecule has 1 saturated carbocycles. The largest absolute Gasteiger partial charge is 0.376 e. The molecule has 3 atom stereocenters. The van der Waals surface area contributed by atoms with Crippen molar-refractivity contribution in [2.75, 3.05) is 19.7 Å². The molecule has 0 aromatic carbocycles. The van der Waals surface area contributed by atoms with E-state index < -0.39 is 10.0 Å². The summed E-state index contributed by atoms with van der Waals surface area (Å²) in [5.74, 6) is -0.447. The average Bonchev–Trinajstić information content (AvgIpc) is 3.40. The predicted octanol–water partition coefficient (Wildman–Crippen LogP) is 0.712. The summed E-state index contributed by atoms with van der Waals surface area (Å²) in [7, 11) is -3.31. The smallest absolute Gasteiger partial charge is 0.224 e. The molecule has 1 aliphatic carbocycles. The quantitative estimate of drug-likeness (QED) is 0.786. The fraction of sp³-hybridized carbons (Fsp3) is 0.667. The summed E-state index contributed by atoms with van der Waals surface area (Å²) in [4.78, 5) is 16.9. The van der Waals surface area contributed by atoms with Gasteiger partial charge in [0.15, 0.2) is 0 Å². The molecule has 3 fully saturated rings. The van der Waals surface area contributed by atoms with Crippen LogP contribution in [0.25, 0.3) is 0 Å². The topological polar surface area (TPSA) is 88.6 Å². The Balaban J connectivity index is 1.39. The van der Waals surface area contributed by atoms with E-state index in [-0.39, 0.29) is 35.8 Å². The molecule has 1 aromatic heterocycles. The normalized spacial score (nSPS) is 29.3. The first-order valence-electron chi connectivity index (χ1n) is 9.35. The van der Waals surface area contributed by atoms with E-state index in [0.717, 1.165) is 25.0 Å². The molecule has 142 valence electrons. The molecule has 3 heterocycles. The number of sulfonamides is 1. The summed E-state index contributed by atoms with van der Waals surface area (Å²) >= 11 is 0. The third kappa shape index (κ3) is 3.63. The standard InChI is InChI=1S/C18H25N3O4S/c22-18(20-9-6-14-3-1-2-8-19-14)13-11-17-16(7-10-25-17)21(12-13)26(23,24)15-4-5-15/h1-3,8,13,15-17H,4-7,9-12H2,(H,20,22)/t13-,16+,17+/m0/s1. The summed E-state index contributed by atoms with van der Waals surface area (Å²) < 4.78 is 32.9. The number of nitrogens with zero attached hydrogens (tertiary/aromatic N) is 2. The maximum Gasteiger partial charge on any atom is 0.224 e. The summed E-state index contributed by atoms with van der Waals surface area (Å²) in [6.07, 6.45) is 5.02. The molecule has 0 bridgehead atoms. The van der Waals surface area contributed by atoms with Gasteiger partial charge in [0.05, 0.1) is 23.3 Å². The predicted molar refractivity (Wildman–Crippen MR) is 95.9 cm³/mol. The van der Waals surface area contributed by atoms with Crippen LogP contribution in [-0.4, -0.2) is 60.7 Å². The Morgan fingerprint density at radius 3 is 2.88 bits per heavy atom. The third-order valence-electron chi connectivity index (χ3n) is 5.51. The van der Waals surface area contributed by atoms with Crippen molar-refractivity contribution < 1.29 is 17.9 Å². The number of aromatic nitrogens is 1. The van der Waals surface area contributed by atoms with Crippen molar-refractivity contribution in [3.63, 3.8) is 0 Å². The minimum absolute atomic E-state index is 0.0918. The second kappa shape index (κ2) is 7.25. The maximum atomic E-state index is 12.8. The summed E-state index contributed by atoms with van der Waals surface area (Å²) in [5.41, 5.74) is 0.925. The van der Waals surface area contributed by atoms with Crippen LogP contribution >= 0.6 is 0 Å². The van der Waals surface area contributed by atoms with Crippen LogP contribution in [0.4, 0.5) is 0 Å². The zero-order chi connectivity index (χ0) is 18.1. The van der Waals surface area contributed by atoms with Gasteiger partial charge in [-0.1, -0.05) is 6.07 Å². The zero-order valence-electron chi connectivity index (χ0n) is 14.7. The molecule has 7 nitrogen and oxygen atoms in total. The highest BCUT2D eigenvalue weighted by Crippen LogP contribution is 2.39. The van der Waals surface area contributed by atoms with E-state index in [1.54, 1.807) is 10.5 Å². The van der Waals surface area contributed by atoms with Crippen LogP contribution in [0.15, 0.2) is 24.4 Å². The van der Waals surface area contributed by atoms with Crippen LogP contribution in [0.3, 0.4) is 0 Å². The molecule has 3 aliphatic rings. The van der Waals surface area contributed by atoms with Gasteiger partial charge in [0.1, 0.15) is 0 Å². The Hall–Kier alpha value is -1.51. The molecule has 2 saturated heterocycles. The number of pyridine rings is 1. The van der Waals surface area contributed by atoms with E-state index in [4.69, 9.17) is 4.74 Å². The van der Waals surface area contributed by atoms with Gasteiger partial charge < -0.3 is 10.1 Å². The Kier molecular flexibility index (Phi) is 4.98. The van der Waals surface area contributed by atoms with Gasteiger partial charge in [-0.3, -0.25) is 9.78 Å². The van der Waals surface area contributed by atoms with E-state index in [0.29, 0.717) is 26.0 Å². The summed E-state index contributed by atoms with van der Waals surface area (Å²) in [6, 6.07) is 5.60. The number of carbonyl (C=O) groups excluding carboxylic acids is 1. The highest BCUT2D eigenvalue weighted by molar-refractivity contribution is 7.90. The Morgan fingerprint density at radius 1 is 1.31 bits per heavy atom. The number of ether oxygens (including phenoxy) is 1. The van der Waals surface area contributed by atoms with Crippen molar-refractivity contribution >= 4 is 15.9 Å². The van der Waals surface area contributed by atoms with Crippen LogP contribution in [-0.2, 0) is 26.0 Å². The van der Waals surface area contributed by atoms with Crippen molar-refractivity contribution in [1.82, 2.24) is 14.6 Å². The number of hydrogen-bond acceptors (Lipinski definition) is 5. The molecule has 1 aromatic rings. The number of piperidine rings is 1. The first-order valence-corrected chi connectivity index (χ1v) is 10.9. The van der Waals surface area contributed by atoms with Gasteiger partial charge in [-0.05, 0) is 37.8 Å². The highest BCUT2D eigenvalue weighted by atomic mass is 32.2. The first-order chi connectivity index (χ1) is 12.6. The molecule has 8 heteroatoms. The lowest BCUT2D eigenvalue weighted by Crippen LogP contribution is -2.55. The fourth-order valence-corrected chi connectivity index (χ4v) is 6.06. The zero-order valence-corrected chi connectivity index (χ0v) is 15.5. The SMILES string of the molecule is O=C(NCCc1ccccn1)[C@H]1C[C@H]2OCC[C@H]2N(S(=O)(=O)C2CC2)C1. The van der Waals surface area contributed by atoms with Crippen molar-refractivity contribution in [2.45, 2.75) is 49.5 Å². The van der Waals surface area contributed by atoms with E-state index in [1.165, 1.54) is 0 Å². The van der Waals surface area contributed by atoms with Gasteiger partial charge in [0.25, 0.3) is 0 Å². The van der Waals surface area contributed by atoms with Gasteiger partial charge in [0, 0.05) is 38.0 Å². The Morgan fingerprint density at radius 2 is 2.15 bits per heavy atom. The molecule has 1 amide bonds. The number of fused-ring (bicyclic) bond motifs is 1. The van der Waals surface area contributed by atoms with Gasteiger partial charge >= 0.3 is 0 Å². The molecular formula is C18H25N3O4S. The lowest BCUT2D eigenvalue weighted by Gasteiger charge is -2.39. The molecule has 0 radical (unpaired) electrons. The maximum absolute atomic E-state index is 12.8. The van der Waals surface area contributed by atoms with Gasteiger partial charge in [-0.2, -0.15) is 4.31 Å².